The zero-order chi connectivity index (χ0) is 24.8. The lowest BCUT2D eigenvalue weighted by atomic mass is 10.1. The predicted molar refractivity (Wildman–Crippen MR) is 138 cm³/mol. The number of ether oxygens (including phenoxy) is 3. The van der Waals surface area contributed by atoms with Gasteiger partial charge in [0.15, 0.2) is 11.5 Å². The smallest absolute Gasteiger partial charge is 0.271 e. The second kappa shape index (κ2) is 10.8. The van der Waals surface area contributed by atoms with E-state index >= 15 is 0 Å². The van der Waals surface area contributed by atoms with Crippen LogP contribution in [0, 0.1) is 0 Å². The second-order valence-corrected chi connectivity index (χ2v) is 7.77. The van der Waals surface area contributed by atoms with Crippen molar-refractivity contribution in [3.63, 3.8) is 0 Å². The van der Waals surface area contributed by atoms with Crippen molar-refractivity contribution in [2.75, 3.05) is 26.8 Å². The van der Waals surface area contributed by atoms with Crippen LogP contribution in [-0.2, 0) is 0 Å². The van der Waals surface area contributed by atoms with E-state index in [4.69, 9.17) is 25.8 Å². The van der Waals surface area contributed by atoms with E-state index in [2.05, 4.69) is 20.8 Å². The van der Waals surface area contributed by atoms with E-state index in [9.17, 15) is 4.79 Å². The molecule has 178 valence electrons. The van der Waals surface area contributed by atoms with Crippen molar-refractivity contribution in [2.45, 2.75) is 0 Å². The highest BCUT2D eigenvalue weighted by atomic mass is 35.5. The number of halogens is 1. The zero-order valence-electron chi connectivity index (χ0n) is 19.3. The van der Waals surface area contributed by atoms with Crippen molar-refractivity contribution in [1.82, 2.24) is 10.4 Å². The molecule has 4 rings (SSSR count). The van der Waals surface area contributed by atoms with Gasteiger partial charge in [0.05, 0.1) is 43.8 Å². The number of nitrogens with zero attached hydrogens (tertiary/aromatic N) is 2. The maximum absolute atomic E-state index is 13.0. The summed E-state index contributed by atoms with van der Waals surface area (Å²) in [6, 6.07) is 17.7. The molecule has 1 amide bonds. The number of nitrogens with one attached hydrogen (secondary N) is 2. The summed E-state index contributed by atoms with van der Waals surface area (Å²) in [5.41, 5.74) is 8.71. The number of fused-ring (bicyclic) bond motifs is 1. The number of amides is 1. The second-order valence-electron chi connectivity index (χ2n) is 7.33. The maximum atomic E-state index is 13.0. The van der Waals surface area contributed by atoms with Gasteiger partial charge >= 0.3 is 0 Å². The monoisotopic (exact) mass is 490 g/mol. The van der Waals surface area contributed by atoms with Crippen LogP contribution < -0.4 is 25.1 Å². The first-order valence-electron chi connectivity index (χ1n) is 10.6. The molecule has 1 aromatic heterocycles. The number of para-hydroxylation sites is 1. The molecule has 0 atom stereocenters. The van der Waals surface area contributed by atoms with Gasteiger partial charge in [0.2, 0.25) is 5.75 Å². The Balaban J connectivity index is 1.56. The molecule has 4 aromatic rings. The average molecular weight is 491 g/mol. The average Bonchev–Trinajstić information content (AvgIpc) is 2.89. The minimum atomic E-state index is -0.346. The highest BCUT2D eigenvalue weighted by Crippen LogP contribution is 2.38. The number of hydrogen-bond acceptors (Lipinski definition) is 7. The van der Waals surface area contributed by atoms with Crippen LogP contribution >= 0.6 is 11.6 Å². The van der Waals surface area contributed by atoms with Crippen molar-refractivity contribution in [2.24, 2.45) is 4.99 Å². The highest BCUT2D eigenvalue weighted by Gasteiger charge is 2.14. The van der Waals surface area contributed by atoms with Gasteiger partial charge in [-0.25, -0.2) is 0 Å². The molecule has 2 N–H and O–H groups in total. The van der Waals surface area contributed by atoms with E-state index in [0.717, 1.165) is 10.9 Å². The van der Waals surface area contributed by atoms with E-state index in [1.54, 1.807) is 82.3 Å². The van der Waals surface area contributed by atoms with Gasteiger partial charge in [-0.05, 0) is 48.5 Å². The Morgan fingerprint density at radius 1 is 0.971 bits per heavy atom. The van der Waals surface area contributed by atoms with Gasteiger partial charge in [0, 0.05) is 28.4 Å². The lowest BCUT2D eigenvalue weighted by Gasteiger charge is -2.13. The van der Waals surface area contributed by atoms with Crippen LogP contribution in [0.2, 0.25) is 5.02 Å². The third-order valence-corrected chi connectivity index (χ3v) is 5.44. The quantitative estimate of drug-likeness (QED) is 0.253. The van der Waals surface area contributed by atoms with Crippen molar-refractivity contribution in [3.8, 4) is 17.2 Å². The number of rotatable bonds is 8. The summed E-state index contributed by atoms with van der Waals surface area (Å²) in [5.74, 6) is 1.16. The molecule has 0 bridgehead atoms. The summed E-state index contributed by atoms with van der Waals surface area (Å²) < 4.78 is 16.1. The number of anilines is 1. The Hall–Kier alpha value is -4.30. The molecule has 9 heteroatoms. The largest absolute Gasteiger partial charge is 0.493 e. The molecule has 35 heavy (non-hydrogen) atoms. The van der Waals surface area contributed by atoms with Gasteiger partial charge < -0.3 is 14.2 Å². The number of methoxy groups -OCH3 is 3. The van der Waals surface area contributed by atoms with Gasteiger partial charge in [-0.1, -0.05) is 23.7 Å². The fraction of sp³-hybridized carbons (Fsp3) is 0.115. The number of benzene rings is 3. The van der Waals surface area contributed by atoms with Gasteiger partial charge in [-0.3, -0.25) is 25.6 Å². The zero-order valence-corrected chi connectivity index (χ0v) is 20.1. The van der Waals surface area contributed by atoms with E-state index in [1.165, 1.54) is 0 Å². The molecule has 0 fully saturated rings. The Bertz CT molecular complexity index is 1380. The predicted octanol–water partition coefficient (Wildman–Crippen LogP) is 5.42. The molecule has 0 aliphatic heterocycles. The number of carbonyl (C=O) groups excluding carboxylic acids is 1. The van der Waals surface area contributed by atoms with Crippen LogP contribution in [0.4, 0.5) is 11.4 Å². The molecule has 0 saturated carbocycles. The summed E-state index contributed by atoms with van der Waals surface area (Å²) in [7, 11) is 4.64. The molecule has 8 nitrogen and oxygen atoms in total. The van der Waals surface area contributed by atoms with Crippen LogP contribution in [0.5, 0.6) is 17.2 Å². The van der Waals surface area contributed by atoms with Crippen LogP contribution in [-0.4, -0.2) is 38.4 Å². The van der Waals surface area contributed by atoms with Crippen molar-refractivity contribution in [1.29, 1.82) is 0 Å². The Morgan fingerprint density at radius 2 is 1.71 bits per heavy atom. The van der Waals surface area contributed by atoms with Crippen LogP contribution in [0.15, 0.2) is 71.9 Å². The van der Waals surface area contributed by atoms with Crippen molar-refractivity contribution in [3.05, 3.63) is 83.0 Å². The first kappa shape index (κ1) is 23.8. The topological polar surface area (TPSA) is 94.1 Å². The summed E-state index contributed by atoms with van der Waals surface area (Å²) in [6.45, 7) is 0. The molecule has 0 aliphatic carbocycles. The van der Waals surface area contributed by atoms with Gasteiger partial charge in [0.25, 0.3) is 5.91 Å². The van der Waals surface area contributed by atoms with Gasteiger partial charge in [-0.2, -0.15) is 0 Å². The first-order chi connectivity index (χ1) is 17.0. The lowest BCUT2D eigenvalue weighted by molar-refractivity contribution is 0.0963. The number of hydrazine groups is 1. The molecular formula is C26H23ClN4O4. The minimum absolute atomic E-state index is 0.346. The summed E-state index contributed by atoms with van der Waals surface area (Å²) >= 11 is 6.06. The number of pyridine rings is 1. The molecular weight excluding hydrogens is 468 g/mol. The van der Waals surface area contributed by atoms with Gasteiger partial charge in [-0.15, -0.1) is 0 Å². The standard InChI is InChI=1S/C26H23ClN4O4/c1-33-23-12-16(13-24(34-2)25(23)35-3)15-29-20-7-5-4-6-19(20)26(32)31-30-21-10-11-28-22-14-17(27)8-9-18(21)22/h4-15H,1-3H3,(H,28,30)(H,31,32). The molecule has 0 radical (unpaired) electrons. The van der Waals surface area contributed by atoms with Crippen LogP contribution in [0.3, 0.4) is 0 Å². The fourth-order valence-corrected chi connectivity index (χ4v) is 3.69. The first-order valence-corrected chi connectivity index (χ1v) is 11.0. The normalized spacial score (nSPS) is 10.9. The highest BCUT2D eigenvalue weighted by molar-refractivity contribution is 6.31. The summed E-state index contributed by atoms with van der Waals surface area (Å²) in [6.07, 6.45) is 3.27. The SMILES string of the molecule is COc1cc(C=Nc2ccccc2C(=O)NNc2ccnc3cc(Cl)ccc23)cc(OC)c1OC. The number of aromatic nitrogens is 1. The third kappa shape index (κ3) is 5.28. The number of aliphatic imine (C=N–C) groups is 1. The van der Waals surface area contributed by atoms with Crippen LogP contribution in [0.25, 0.3) is 10.9 Å². The molecule has 0 aliphatic rings. The number of hydrogen-bond donors (Lipinski definition) is 2. The summed E-state index contributed by atoms with van der Waals surface area (Å²) in [4.78, 5) is 21.8. The van der Waals surface area contributed by atoms with Gasteiger partial charge in [0.1, 0.15) is 0 Å². The Morgan fingerprint density at radius 3 is 2.43 bits per heavy atom. The number of carbonyl (C=O) groups is 1. The molecule has 1 heterocycles. The van der Waals surface area contributed by atoms with E-state index in [-0.39, 0.29) is 5.91 Å². The maximum Gasteiger partial charge on any atom is 0.271 e. The Labute approximate surface area is 207 Å². The summed E-state index contributed by atoms with van der Waals surface area (Å²) in [5, 5.41) is 1.41. The minimum Gasteiger partial charge on any atom is -0.493 e. The third-order valence-electron chi connectivity index (χ3n) is 5.20. The molecule has 0 unspecified atom stereocenters. The van der Waals surface area contributed by atoms with Crippen LogP contribution in [0.1, 0.15) is 15.9 Å². The fourth-order valence-electron chi connectivity index (χ4n) is 3.52. The molecule has 0 saturated heterocycles. The van der Waals surface area contributed by atoms with E-state index in [1.807, 2.05) is 12.1 Å². The molecule has 3 aromatic carbocycles. The van der Waals surface area contributed by atoms with E-state index < -0.39 is 0 Å². The lowest BCUT2D eigenvalue weighted by Crippen LogP contribution is -2.29. The van der Waals surface area contributed by atoms with Crippen molar-refractivity contribution < 1.29 is 19.0 Å². The Kier molecular flexibility index (Phi) is 7.32. The molecule has 0 spiro atoms. The van der Waals surface area contributed by atoms with E-state index in [0.29, 0.717) is 44.7 Å². The van der Waals surface area contributed by atoms with Crippen molar-refractivity contribution >= 4 is 46.0 Å².